The molecule has 1 atom stereocenters. The Morgan fingerprint density at radius 3 is 2.64 bits per heavy atom. The fraction of sp³-hybridized carbons (Fsp3) is 0.400. The number of nitrogens with zero attached hydrogens (tertiary/aromatic N) is 2. The Hall–Kier alpha value is -1.47. The maximum Gasteiger partial charge on any atom is 0.266 e. The van der Waals surface area contributed by atoms with E-state index in [0.29, 0.717) is 16.8 Å². The minimum absolute atomic E-state index is 0.251. The van der Waals surface area contributed by atoms with Gasteiger partial charge >= 0.3 is 0 Å². The van der Waals surface area contributed by atoms with Crippen LogP contribution < -0.4 is 10.1 Å². The first-order valence-corrected chi connectivity index (χ1v) is 8.55. The molecule has 1 aromatic carbocycles. The summed E-state index contributed by atoms with van der Waals surface area (Å²) in [6, 6.07) is 5.72. The second-order valence-electron chi connectivity index (χ2n) is 5.28. The highest BCUT2D eigenvalue weighted by molar-refractivity contribution is 9.10. The van der Waals surface area contributed by atoms with Gasteiger partial charge in [0.2, 0.25) is 5.13 Å². The number of ether oxygens (including phenoxy) is 1. The average molecular weight is 384 g/mol. The number of hydrogen-bond donors (Lipinski definition) is 1. The molecule has 1 amide bonds. The monoisotopic (exact) mass is 383 g/mol. The summed E-state index contributed by atoms with van der Waals surface area (Å²) in [6.45, 7) is 7.76. The Labute approximate surface area is 142 Å². The van der Waals surface area contributed by atoms with Gasteiger partial charge in [-0.15, -0.1) is 10.2 Å². The van der Waals surface area contributed by atoms with E-state index < -0.39 is 6.10 Å². The van der Waals surface area contributed by atoms with Crippen LogP contribution >= 0.6 is 27.3 Å². The van der Waals surface area contributed by atoms with Gasteiger partial charge in [0.05, 0.1) is 4.47 Å². The zero-order chi connectivity index (χ0) is 16.3. The lowest BCUT2D eigenvalue weighted by Crippen LogP contribution is -2.30. The lowest BCUT2D eigenvalue weighted by atomic mass is 10.2. The van der Waals surface area contributed by atoms with Crippen LogP contribution in [-0.4, -0.2) is 22.2 Å². The van der Waals surface area contributed by atoms with Crippen molar-refractivity contribution >= 4 is 38.3 Å². The number of aryl methyl sites for hydroxylation is 1. The van der Waals surface area contributed by atoms with Gasteiger partial charge in [-0.2, -0.15) is 0 Å². The number of halogens is 1. The van der Waals surface area contributed by atoms with Gasteiger partial charge in [-0.25, -0.2) is 0 Å². The Morgan fingerprint density at radius 2 is 2.05 bits per heavy atom. The van der Waals surface area contributed by atoms with Crippen molar-refractivity contribution in [2.24, 2.45) is 0 Å². The van der Waals surface area contributed by atoms with E-state index in [-0.39, 0.29) is 5.91 Å². The van der Waals surface area contributed by atoms with Gasteiger partial charge in [0, 0.05) is 5.92 Å². The van der Waals surface area contributed by atoms with Crippen LogP contribution in [0.25, 0.3) is 0 Å². The topological polar surface area (TPSA) is 64.1 Å². The van der Waals surface area contributed by atoms with Gasteiger partial charge in [0.1, 0.15) is 10.8 Å². The standard InChI is InChI=1S/C15H18BrN3O2S/c1-8(2)14-18-19-15(22-14)17-13(20)10(4)21-12-6-5-9(3)7-11(12)16/h5-8,10H,1-4H3,(H,17,19,20)/t10-/m0/s1. The molecule has 0 bridgehead atoms. The quantitative estimate of drug-likeness (QED) is 0.842. The van der Waals surface area contributed by atoms with E-state index in [0.717, 1.165) is 15.0 Å². The Kier molecular flexibility index (Phi) is 5.52. The molecule has 0 aliphatic rings. The highest BCUT2D eigenvalue weighted by Crippen LogP contribution is 2.27. The summed E-state index contributed by atoms with van der Waals surface area (Å²) in [7, 11) is 0. The average Bonchev–Trinajstić information content (AvgIpc) is 2.90. The third kappa shape index (κ3) is 4.27. The first-order chi connectivity index (χ1) is 10.4. The Balaban J connectivity index is 1.99. The number of amides is 1. The zero-order valence-corrected chi connectivity index (χ0v) is 15.3. The van der Waals surface area contributed by atoms with E-state index in [1.165, 1.54) is 11.3 Å². The fourth-order valence-electron chi connectivity index (χ4n) is 1.67. The fourth-order valence-corrected chi connectivity index (χ4v) is 3.01. The van der Waals surface area contributed by atoms with Gasteiger partial charge in [-0.1, -0.05) is 31.3 Å². The SMILES string of the molecule is Cc1ccc(O[C@@H](C)C(=O)Nc2nnc(C(C)C)s2)c(Br)c1. The van der Waals surface area contributed by atoms with Gasteiger partial charge in [-0.05, 0) is 47.5 Å². The first kappa shape index (κ1) is 16.9. The van der Waals surface area contributed by atoms with Crippen LogP contribution in [0.2, 0.25) is 0 Å². The number of aromatic nitrogens is 2. The summed E-state index contributed by atoms with van der Waals surface area (Å²) in [5, 5.41) is 12.1. The second-order valence-corrected chi connectivity index (χ2v) is 7.15. The highest BCUT2D eigenvalue weighted by Gasteiger charge is 2.18. The van der Waals surface area contributed by atoms with Crippen molar-refractivity contribution in [2.75, 3.05) is 5.32 Å². The minimum Gasteiger partial charge on any atom is -0.480 e. The molecule has 0 fully saturated rings. The van der Waals surface area contributed by atoms with Gasteiger partial charge in [0.15, 0.2) is 6.10 Å². The summed E-state index contributed by atoms with van der Waals surface area (Å²) in [5.41, 5.74) is 1.12. The van der Waals surface area contributed by atoms with Crippen LogP contribution in [0.5, 0.6) is 5.75 Å². The smallest absolute Gasteiger partial charge is 0.266 e. The van der Waals surface area contributed by atoms with Crippen molar-refractivity contribution in [2.45, 2.75) is 39.7 Å². The van der Waals surface area contributed by atoms with Crippen molar-refractivity contribution < 1.29 is 9.53 Å². The summed E-state index contributed by atoms with van der Waals surface area (Å²) < 4.78 is 6.51. The third-order valence-electron chi connectivity index (χ3n) is 2.93. The molecule has 118 valence electrons. The molecule has 2 rings (SSSR count). The molecule has 0 aliphatic heterocycles. The molecule has 1 N–H and O–H groups in total. The van der Waals surface area contributed by atoms with E-state index in [4.69, 9.17) is 4.74 Å². The molecule has 0 aliphatic carbocycles. The maximum atomic E-state index is 12.2. The lowest BCUT2D eigenvalue weighted by molar-refractivity contribution is -0.122. The normalized spacial score (nSPS) is 12.3. The highest BCUT2D eigenvalue weighted by atomic mass is 79.9. The van der Waals surface area contributed by atoms with Gasteiger partial charge in [0.25, 0.3) is 5.91 Å². The summed E-state index contributed by atoms with van der Waals surface area (Å²) >= 11 is 4.81. The van der Waals surface area contributed by atoms with Crippen LogP contribution in [0.4, 0.5) is 5.13 Å². The molecule has 5 nitrogen and oxygen atoms in total. The molecule has 1 heterocycles. The lowest BCUT2D eigenvalue weighted by Gasteiger charge is -2.15. The minimum atomic E-state index is -0.634. The number of carbonyl (C=O) groups is 1. The molecule has 0 radical (unpaired) electrons. The zero-order valence-electron chi connectivity index (χ0n) is 12.9. The number of carbonyl (C=O) groups excluding carboxylic acids is 1. The van der Waals surface area contributed by atoms with E-state index in [9.17, 15) is 4.79 Å². The van der Waals surface area contributed by atoms with Crippen LogP contribution in [0.15, 0.2) is 22.7 Å². The Morgan fingerprint density at radius 1 is 1.32 bits per heavy atom. The summed E-state index contributed by atoms with van der Waals surface area (Å²) in [4.78, 5) is 12.2. The van der Waals surface area contributed by atoms with Crippen molar-refractivity contribution in [3.63, 3.8) is 0 Å². The molecule has 22 heavy (non-hydrogen) atoms. The van der Waals surface area contributed by atoms with E-state index in [1.54, 1.807) is 6.92 Å². The molecule has 0 saturated carbocycles. The molecule has 1 aromatic heterocycles. The van der Waals surface area contributed by atoms with Crippen molar-refractivity contribution in [1.82, 2.24) is 10.2 Å². The molecular weight excluding hydrogens is 366 g/mol. The summed E-state index contributed by atoms with van der Waals surface area (Å²) in [6.07, 6.45) is -0.634. The van der Waals surface area contributed by atoms with Gasteiger partial charge < -0.3 is 4.74 Å². The third-order valence-corrected chi connectivity index (χ3v) is 4.68. The molecule has 7 heteroatoms. The van der Waals surface area contributed by atoms with Crippen LogP contribution in [0.1, 0.15) is 37.3 Å². The maximum absolute atomic E-state index is 12.2. The predicted octanol–water partition coefficient (Wildman–Crippen LogP) is 4.14. The van der Waals surface area contributed by atoms with Crippen LogP contribution in [0, 0.1) is 6.92 Å². The molecule has 2 aromatic rings. The molecular formula is C15H18BrN3O2S. The molecule has 0 spiro atoms. The first-order valence-electron chi connectivity index (χ1n) is 6.94. The second kappa shape index (κ2) is 7.19. The number of anilines is 1. The summed E-state index contributed by atoms with van der Waals surface area (Å²) in [5.74, 6) is 0.674. The van der Waals surface area contributed by atoms with Crippen LogP contribution in [0.3, 0.4) is 0 Å². The Bertz CT molecular complexity index is 673. The van der Waals surface area contributed by atoms with Crippen molar-refractivity contribution in [3.8, 4) is 5.75 Å². The number of hydrogen-bond acceptors (Lipinski definition) is 5. The number of benzene rings is 1. The van der Waals surface area contributed by atoms with Crippen molar-refractivity contribution in [1.29, 1.82) is 0 Å². The van der Waals surface area contributed by atoms with Crippen molar-refractivity contribution in [3.05, 3.63) is 33.2 Å². The van der Waals surface area contributed by atoms with Crippen LogP contribution in [-0.2, 0) is 4.79 Å². The van der Waals surface area contributed by atoms with E-state index in [1.807, 2.05) is 39.0 Å². The largest absolute Gasteiger partial charge is 0.480 e. The van der Waals surface area contributed by atoms with Gasteiger partial charge in [-0.3, -0.25) is 10.1 Å². The predicted molar refractivity (Wildman–Crippen MR) is 91.6 cm³/mol. The molecule has 0 unspecified atom stereocenters. The van der Waals surface area contributed by atoms with E-state index in [2.05, 4.69) is 31.4 Å². The number of nitrogens with one attached hydrogen (secondary N) is 1. The van der Waals surface area contributed by atoms with E-state index >= 15 is 0 Å². The molecule has 0 saturated heterocycles. The number of rotatable bonds is 5.